The predicted molar refractivity (Wildman–Crippen MR) is 126 cm³/mol. The van der Waals surface area contributed by atoms with E-state index in [1.807, 2.05) is 0 Å². The van der Waals surface area contributed by atoms with Crippen LogP contribution in [-0.4, -0.2) is 65.1 Å². The summed E-state index contributed by atoms with van der Waals surface area (Å²) >= 11 is 6.11. The number of halogens is 1. The Kier molecular flexibility index (Phi) is 9.27. The molecule has 1 amide bonds. The van der Waals surface area contributed by atoms with Crippen LogP contribution in [0.15, 0.2) is 52.3 Å². The summed E-state index contributed by atoms with van der Waals surface area (Å²) in [6.45, 7) is 3.63. The second kappa shape index (κ2) is 11.3. The van der Waals surface area contributed by atoms with Crippen molar-refractivity contribution in [2.24, 2.45) is 0 Å². The van der Waals surface area contributed by atoms with E-state index in [-0.39, 0.29) is 34.4 Å². The van der Waals surface area contributed by atoms with Crippen LogP contribution in [-0.2, 0) is 31.4 Å². The van der Waals surface area contributed by atoms with Gasteiger partial charge in [0.05, 0.1) is 28.0 Å². The highest BCUT2D eigenvalue weighted by Gasteiger charge is 2.26. The lowest BCUT2D eigenvalue weighted by atomic mass is 10.2. The summed E-state index contributed by atoms with van der Waals surface area (Å²) in [4.78, 5) is 12.5. The maximum Gasteiger partial charge on any atom is 0.243 e. The number of hydrogen-bond donors (Lipinski definition) is 1. The van der Waals surface area contributed by atoms with Crippen molar-refractivity contribution in [3.63, 3.8) is 0 Å². The van der Waals surface area contributed by atoms with E-state index in [4.69, 9.17) is 16.3 Å². The van der Waals surface area contributed by atoms with Gasteiger partial charge in [-0.15, -0.1) is 0 Å². The van der Waals surface area contributed by atoms with Crippen molar-refractivity contribution in [1.29, 1.82) is 0 Å². The largest absolute Gasteiger partial charge is 0.492 e. The fraction of sp³-hybridized carbons (Fsp3) is 0.381. The zero-order chi connectivity index (χ0) is 24.8. The molecule has 0 aliphatic rings. The Bertz CT molecular complexity index is 1180. The van der Waals surface area contributed by atoms with Gasteiger partial charge in [0.25, 0.3) is 0 Å². The number of rotatable bonds is 11. The molecule has 0 aliphatic heterocycles. The van der Waals surface area contributed by atoms with Gasteiger partial charge in [-0.05, 0) is 42.8 Å². The van der Waals surface area contributed by atoms with Crippen molar-refractivity contribution in [1.82, 2.24) is 13.9 Å². The number of nitrogens with one attached hydrogen (secondary N) is 1. The molecule has 33 heavy (non-hydrogen) atoms. The number of amides is 1. The Morgan fingerprint density at radius 3 is 2.09 bits per heavy atom. The minimum Gasteiger partial charge on any atom is -0.492 e. The first kappa shape index (κ1) is 27.1. The third-order valence-corrected chi connectivity index (χ3v) is 8.75. The highest BCUT2D eigenvalue weighted by Crippen LogP contribution is 2.28. The summed E-state index contributed by atoms with van der Waals surface area (Å²) in [7, 11) is -4.61. The van der Waals surface area contributed by atoms with Gasteiger partial charge >= 0.3 is 0 Å². The summed E-state index contributed by atoms with van der Waals surface area (Å²) < 4.78 is 57.7. The topological polar surface area (TPSA) is 113 Å². The molecule has 2 aromatic carbocycles. The van der Waals surface area contributed by atoms with Crippen LogP contribution in [0.5, 0.6) is 5.75 Å². The Morgan fingerprint density at radius 2 is 1.58 bits per heavy atom. The summed E-state index contributed by atoms with van der Waals surface area (Å²) in [5.41, 5.74) is 0.672. The number of benzene rings is 2. The molecule has 0 heterocycles. The predicted octanol–water partition coefficient (Wildman–Crippen LogP) is 2.32. The first-order valence-electron chi connectivity index (χ1n) is 10.1. The van der Waals surface area contributed by atoms with Gasteiger partial charge in [-0.1, -0.05) is 30.7 Å². The number of hydrogen-bond acceptors (Lipinski definition) is 6. The van der Waals surface area contributed by atoms with Crippen LogP contribution in [0.1, 0.15) is 19.4 Å². The van der Waals surface area contributed by atoms with Crippen molar-refractivity contribution >= 4 is 37.6 Å². The van der Waals surface area contributed by atoms with Crippen LogP contribution in [0.4, 0.5) is 0 Å². The normalized spacial score (nSPS) is 12.2. The first-order valence-corrected chi connectivity index (χ1v) is 13.4. The fourth-order valence-corrected chi connectivity index (χ4v) is 5.47. The molecule has 2 rings (SSSR count). The monoisotopic (exact) mass is 517 g/mol. The lowest BCUT2D eigenvalue weighted by Gasteiger charge is -2.20. The van der Waals surface area contributed by atoms with E-state index in [9.17, 15) is 21.6 Å². The molecule has 9 nitrogen and oxygen atoms in total. The maximum absolute atomic E-state index is 13.0. The number of ether oxygens (including phenoxy) is 1. The van der Waals surface area contributed by atoms with E-state index >= 15 is 0 Å². The molecule has 0 saturated heterocycles. The van der Waals surface area contributed by atoms with Gasteiger partial charge in [-0.3, -0.25) is 4.79 Å². The van der Waals surface area contributed by atoms with Crippen LogP contribution in [0.25, 0.3) is 0 Å². The summed E-state index contributed by atoms with van der Waals surface area (Å²) in [5.74, 6) is -0.120. The SMILES string of the molecule is CCOc1ccc(S(=O)(=O)N(CC)CC(=O)NCc2ccc(S(=O)(=O)N(C)C)cc2)cc1Cl. The summed E-state index contributed by atoms with van der Waals surface area (Å²) in [6, 6.07) is 10.2. The van der Waals surface area contributed by atoms with Gasteiger partial charge in [0, 0.05) is 27.2 Å². The molecule has 182 valence electrons. The Labute approximate surface area is 200 Å². The van der Waals surface area contributed by atoms with Gasteiger partial charge in [0.15, 0.2) is 0 Å². The molecule has 0 atom stereocenters. The van der Waals surface area contributed by atoms with Crippen molar-refractivity contribution in [3.05, 3.63) is 53.1 Å². The van der Waals surface area contributed by atoms with Crippen molar-refractivity contribution in [2.45, 2.75) is 30.2 Å². The summed E-state index contributed by atoms with van der Waals surface area (Å²) in [5, 5.41) is 2.82. The van der Waals surface area contributed by atoms with Crippen LogP contribution in [0, 0.1) is 0 Å². The molecule has 0 aromatic heterocycles. The number of nitrogens with zero attached hydrogens (tertiary/aromatic N) is 2. The fourth-order valence-electron chi connectivity index (χ4n) is 2.84. The van der Waals surface area contributed by atoms with Gasteiger partial charge < -0.3 is 10.1 Å². The van der Waals surface area contributed by atoms with E-state index in [2.05, 4.69) is 5.32 Å². The van der Waals surface area contributed by atoms with Gasteiger partial charge in [0.1, 0.15) is 5.75 Å². The van der Waals surface area contributed by atoms with Crippen molar-refractivity contribution in [2.75, 3.05) is 33.8 Å². The average Bonchev–Trinajstić information content (AvgIpc) is 2.77. The van der Waals surface area contributed by atoms with Gasteiger partial charge in [0.2, 0.25) is 26.0 Å². The Morgan fingerprint density at radius 1 is 0.970 bits per heavy atom. The molecule has 12 heteroatoms. The molecular weight excluding hydrogens is 490 g/mol. The lowest BCUT2D eigenvalue weighted by molar-refractivity contribution is -0.121. The van der Waals surface area contributed by atoms with E-state index < -0.39 is 26.0 Å². The minimum atomic E-state index is -3.95. The molecule has 1 N–H and O–H groups in total. The standard InChI is InChI=1S/C21H28ClN3O6S2/c1-5-25(33(29,30)18-11-12-20(31-6-2)19(22)13-18)15-21(26)23-14-16-7-9-17(10-8-16)32(27,28)24(3)4/h7-13H,5-6,14-15H2,1-4H3,(H,23,26). The second-order valence-electron chi connectivity index (χ2n) is 7.16. The molecule has 0 aliphatic carbocycles. The number of carbonyl (C=O) groups is 1. The third-order valence-electron chi connectivity index (χ3n) is 4.71. The lowest BCUT2D eigenvalue weighted by Crippen LogP contribution is -2.40. The summed E-state index contributed by atoms with van der Waals surface area (Å²) in [6.07, 6.45) is 0. The quantitative estimate of drug-likeness (QED) is 0.489. The van der Waals surface area contributed by atoms with Crippen LogP contribution in [0.3, 0.4) is 0 Å². The molecule has 2 aromatic rings. The molecular formula is C21H28ClN3O6S2. The third kappa shape index (κ3) is 6.67. The number of sulfonamides is 2. The van der Waals surface area contributed by atoms with Crippen molar-refractivity contribution in [3.8, 4) is 5.75 Å². The zero-order valence-electron chi connectivity index (χ0n) is 18.9. The highest BCUT2D eigenvalue weighted by atomic mass is 35.5. The highest BCUT2D eigenvalue weighted by molar-refractivity contribution is 7.89. The molecule has 0 unspecified atom stereocenters. The van der Waals surface area contributed by atoms with Crippen LogP contribution < -0.4 is 10.1 Å². The van der Waals surface area contributed by atoms with Crippen LogP contribution >= 0.6 is 11.6 Å². The van der Waals surface area contributed by atoms with E-state index in [0.29, 0.717) is 17.9 Å². The molecule has 0 saturated carbocycles. The van der Waals surface area contributed by atoms with Crippen LogP contribution in [0.2, 0.25) is 5.02 Å². The zero-order valence-corrected chi connectivity index (χ0v) is 21.3. The van der Waals surface area contributed by atoms with Crippen molar-refractivity contribution < 1.29 is 26.4 Å². The minimum absolute atomic E-state index is 0.0386. The Hall–Kier alpha value is -2.18. The second-order valence-corrected chi connectivity index (χ2v) is 11.7. The maximum atomic E-state index is 13.0. The Balaban J connectivity index is 2.05. The number of carbonyl (C=O) groups excluding carboxylic acids is 1. The van der Waals surface area contributed by atoms with E-state index in [0.717, 1.165) is 8.61 Å². The van der Waals surface area contributed by atoms with Gasteiger partial charge in [-0.25, -0.2) is 21.1 Å². The van der Waals surface area contributed by atoms with E-state index in [1.54, 1.807) is 26.0 Å². The average molecular weight is 518 g/mol. The molecule has 0 spiro atoms. The molecule has 0 fully saturated rings. The first-order chi connectivity index (χ1) is 15.4. The molecule has 0 bridgehead atoms. The molecule has 0 radical (unpaired) electrons. The number of likely N-dealkylation sites (N-methyl/N-ethyl adjacent to an activating group) is 1. The van der Waals surface area contributed by atoms with Gasteiger partial charge in [-0.2, -0.15) is 4.31 Å². The van der Waals surface area contributed by atoms with E-state index in [1.165, 1.54) is 44.4 Å². The smallest absolute Gasteiger partial charge is 0.243 e.